The second kappa shape index (κ2) is 9.75. The zero-order valence-corrected chi connectivity index (χ0v) is 18.3. The number of carbonyl (C=O) groups is 1. The lowest BCUT2D eigenvalue weighted by molar-refractivity contribution is -0.137. The van der Waals surface area contributed by atoms with Crippen LogP contribution in [0, 0.1) is 12.8 Å². The topological polar surface area (TPSA) is 52.8 Å². The zero-order chi connectivity index (χ0) is 20.9. The van der Waals surface area contributed by atoms with Crippen molar-refractivity contribution in [3.05, 3.63) is 53.7 Å². The minimum Gasteiger partial charge on any atom is -0.464 e. The molecule has 4 heterocycles. The Morgan fingerprint density at radius 3 is 2.60 bits per heavy atom. The lowest BCUT2D eigenvalue weighted by Crippen LogP contribution is -2.50. The Kier molecular flexibility index (Phi) is 6.85. The summed E-state index contributed by atoms with van der Waals surface area (Å²) in [5.74, 6) is 2.11. The van der Waals surface area contributed by atoms with Crippen molar-refractivity contribution in [3.63, 3.8) is 0 Å². The average Bonchev–Trinajstić information content (AvgIpc) is 3.19. The number of rotatable bonds is 6. The van der Waals surface area contributed by atoms with Crippen LogP contribution in [-0.4, -0.2) is 64.9 Å². The number of pyridine rings is 1. The summed E-state index contributed by atoms with van der Waals surface area (Å²) in [6.07, 6.45) is 8.23. The summed E-state index contributed by atoms with van der Waals surface area (Å²) >= 11 is 0. The van der Waals surface area contributed by atoms with Gasteiger partial charge in [-0.05, 0) is 82.1 Å². The summed E-state index contributed by atoms with van der Waals surface area (Å²) < 4.78 is 5.65. The van der Waals surface area contributed by atoms with E-state index in [9.17, 15) is 4.79 Å². The van der Waals surface area contributed by atoms with Crippen LogP contribution in [0.25, 0.3) is 0 Å². The predicted octanol–water partition coefficient (Wildman–Crippen LogP) is 3.32. The quantitative estimate of drug-likeness (QED) is 0.731. The number of aromatic nitrogens is 1. The lowest BCUT2D eigenvalue weighted by Gasteiger charge is -2.42. The number of hydrogen-bond donors (Lipinski definition) is 0. The maximum Gasteiger partial charge on any atom is 0.227 e. The first-order valence-corrected chi connectivity index (χ1v) is 11.2. The molecule has 2 aromatic rings. The van der Waals surface area contributed by atoms with E-state index in [2.05, 4.69) is 26.9 Å². The van der Waals surface area contributed by atoms with E-state index in [1.165, 1.54) is 18.4 Å². The highest BCUT2D eigenvalue weighted by molar-refractivity contribution is 5.78. The first-order valence-electron chi connectivity index (χ1n) is 11.2. The largest absolute Gasteiger partial charge is 0.464 e. The van der Waals surface area contributed by atoms with E-state index >= 15 is 0 Å². The van der Waals surface area contributed by atoms with Crippen LogP contribution in [0.15, 0.2) is 41.1 Å². The second-order valence-corrected chi connectivity index (χ2v) is 8.90. The third kappa shape index (κ3) is 5.29. The molecule has 0 aromatic carbocycles. The second-order valence-electron chi connectivity index (χ2n) is 8.90. The minimum atomic E-state index is 0.106. The predicted molar refractivity (Wildman–Crippen MR) is 117 cm³/mol. The summed E-state index contributed by atoms with van der Waals surface area (Å²) in [5.41, 5.74) is 1.34. The van der Waals surface area contributed by atoms with Gasteiger partial charge in [0.1, 0.15) is 11.5 Å². The molecule has 0 unspecified atom stereocenters. The van der Waals surface area contributed by atoms with E-state index in [0.29, 0.717) is 12.6 Å². The van der Waals surface area contributed by atoms with Gasteiger partial charge in [-0.2, -0.15) is 0 Å². The molecule has 0 N–H and O–H groups in total. The highest BCUT2D eigenvalue weighted by Crippen LogP contribution is 2.26. The standard InChI is InChI=1S/C24H34N4O2/c1-19-5-6-23(30-19)18-26(2)24(29)21-4-3-13-28(17-21)22-9-14-27(15-10-22)16-20-7-11-25-12-8-20/h5-8,11-12,21-22H,3-4,9-10,13-18H2,1-2H3/t21-/m0/s1. The van der Waals surface area contributed by atoms with Gasteiger partial charge in [0, 0.05) is 38.6 Å². The molecule has 2 fully saturated rings. The molecule has 0 saturated carbocycles. The fraction of sp³-hybridized carbons (Fsp3) is 0.583. The molecular weight excluding hydrogens is 376 g/mol. The van der Waals surface area contributed by atoms with Crippen LogP contribution in [0.2, 0.25) is 0 Å². The normalized spacial score (nSPS) is 21.6. The van der Waals surface area contributed by atoms with E-state index in [1.54, 1.807) is 0 Å². The minimum absolute atomic E-state index is 0.106. The van der Waals surface area contributed by atoms with Crippen molar-refractivity contribution < 1.29 is 9.21 Å². The number of carbonyl (C=O) groups excluding carboxylic acids is 1. The van der Waals surface area contributed by atoms with Gasteiger partial charge in [-0.1, -0.05) is 0 Å². The maximum atomic E-state index is 13.0. The molecule has 0 spiro atoms. The van der Waals surface area contributed by atoms with Gasteiger partial charge in [-0.25, -0.2) is 0 Å². The molecular formula is C24H34N4O2. The molecule has 6 heteroatoms. The van der Waals surface area contributed by atoms with Crippen LogP contribution in [0.1, 0.15) is 42.8 Å². The number of furan rings is 1. The molecule has 2 aromatic heterocycles. The monoisotopic (exact) mass is 410 g/mol. The molecule has 0 aliphatic carbocycles. The molecule has 2 aliphatic heterocycles. The molecule has 1 amide bonds. The third-order valence-electron chi connectivity index (χ3n) is 6.60. The highest BCUT2D eigenvalue weighted by atomic mass is 16.3. The third-order valence-corrected chi connectivity index (χ3v) is 6.60. The van der Waals surface area contributed by atoms with Crippen molar-refractivity contribution in [2.24, 2.45) is 5.92 Å². The van der Waals surface area contributed by atoms with Crippen LogP contribution < -0.4 is 0 Å². The van der Waals surface area contributed by atoms with Crippen LogP contribution in [0.3, 0.4) is 0 Å². The SMILES string of the molecule is Cc1ccc(CN(C)C(=O)[C@H]2CCCN(C3CCN(Cc4ccncc4)CC3)C2)o1. The van der Waals surface area contributed by atoms with E-state index in [-0.39, 0.29) is 11.8 Å². The lowest BCUT2D eigenvalue weighted by atomic mass is 9.93. The van der Waals surface area contributed by atoms with Gasteiger partial charge in [0.25, 0.3) is 0 Å². The molecule has 6 nitrogen and oxygen atoms in total. The number of nitrogens with zero attached hydrogens (tertiary/aromatic N) is 4. The van der Waals surface area contributed by atoms with Crippen molar-refractivity contribution in [2.45, 2.75) is 51.7 Å². The van der Waals surface area contributed by atoms with E-state index < -0.39 is 0 Å². The Hall–Kier alpha value is -2.18. The fourth-order valence-electron chi connectivity index (χ4n) is 4.92. The summed E-state index contributed by atoms with van der Waals surface area (Å²) in [6, 6.07) is 8.73. The van der Waals surface area contributed by atoms with Gasteiger partial charge in [0.05, 0.1) is 12.5 Å². The van der Waals surface area contributed by atoms with Crippen molar-refractivity contribution >= 4 is 5.91 Å². The maximum absolute atomic E-state index is 13.0. The highest BCUT2D eigenvalue weighted by Gasteiger charge is 2.33. The van der Waals surface area contributed by atoms with Crippen molar-refractivity contribution in [1.29, 1.82) is 0 Å². The van der Waals surface area contributed by atoms with Crippen molar-refractivity contribution in [3.8, 4) is 0 Å². The van der Waals surface area contributed by atoms with Crippen molar-refractivity contribution in [2.75, 3.05) is 33.2 Å². The van der Waals surface area contributed by atoms with Crippen LogP contribution >= 0.6 is 0 Å². The van der Waals surface area contributed by atoms with E-state index in [0.717, 1.165) is 57.1 Å². The number of hydrogen-bond acceptors (Lipinski definition) is 5. The summed E-state index contributed by atoms with van der Waals surface area (Å²) in [6.45, 7) is 7.77. The molecule has 162 valence electrons. The Labute approximate surface area is 179 Å². The first-order chi connectivity index (χ1) is 14.6. The van der Waals surface area contributed by atoms with Gasteiger partial charge < -0.3 is 9.32 Å². The van der Waals surface area contributed by atoms with E-state index in [1.807, 2.05) is 43.4 Å². The Morgan fingerprint density at radius 1 is 1.13 bits per heavy atom. The van der Waals surface area contributed by atoms with Gasteiger partial charge in [-0.15, -0.1) is 0 Å². The summed E-state index contributed by atoms with van der Waals surface area (Å²) in [7, 11) is 1.90. The molecule has 30 heavy (non-hydrogen) atoms. The smallest absolute Gasteiger partial charge is 0.227 e. The Bertz CT molecular complexity index is 814. The first kappa shape index (κ1) is 21.1. The Balaban J connectivity index is 1.26. The molecule has 2 saturated heterocycles. The Morgan fingerprint density at radius 2 is 1.90 bits per heavy atom. The van der Waals surface area contributed by atoms with Crippen LogP contribution in [0.5, 0.6) is 0 Å². The van der Waals surface area contributed by atoms with Gasteiger partial charge >= 0.3 is 0 Å². The van der Waals surface area contributed by atoms with Crippen molar-refractivity contribution in [1.82, 2.24) is 19.7 Å². The molecule has 4 rings (SSSR count). The summed E-state index contributed by atoms with van der Waals surface area (Å²) in [4.78, 5) is 24.1. The van der Waals surface area contributed by atoms with Gasteiger partial charge in [0.2, 0.25) is 5.91 Å². The van der Waals surface area contributed by atoms with E-state index in [4.69, 9.17) is 4.42 Å². The van der Waals surface area contributed by atoms with Gasteiger partial charge in [-0.3, -0.25) is 19.6 Å². The van der Waals surface area contributed by atoms with Gasteiger partial charge in [0.15, 0.2) is 0 Å². The summed E-state index contributed by atoms with van der Waals surface area (Å²) in [5, 5.41) is 0. The molecule has 2 aliphatic rings. The number of likely N-dealkylation sites (tertiary alicyclic amines) is 2. The molecule has 1 atom stereocenters. The molecule has 0 radical (unpaired) electrons. The number of amides is 1. The van der Waals surface area contributed by atoms with Crippen LogP contribution in [-0.2, 0) is 17.9 Å². The number of piperidine rings is 2. The average molecular weight is 411 g/mol. The number of aryl methyl sites for hydroxylation is 1. The fourth-order valence-corrected chi connectivity index (χ4v) is 4.92. The van der Waals surface area contributed by atoms with Crippen LogP contribution in [0.4, 0.5) is 0 Å². The zero-order valence-electron chi connectivity index (χ0n) is 18.3. The molecule has 0 bridgehead atoms.